The summed E-state index contributed by atoms with van der Waals surface area (Å²) >= 11 is 1.72. The van der Waals surface area contributed by atoms with Crippen LogP contribution in [0.4, 0.5) is 10.1 Å². The average Bonchev–Trinajstić information content (AvgIpc) is 2.78. The molecule has 0 bridgehead atoms. The van der Waals surface area contributed by atoms with Gasteiger partial charge < -0.3 is 5.32 Å². The molecule has 0 fully saturated rings. The first kappa shape index (κ1) is 13.4. The van der Waals surface area contributed by atoms with Gasteiger partial charge in [0.2, 0.25) is 0 Å². The van der Waals surface area contributed by atoms with Crippen LogP contribution in [0, 0.1) is 12.7 Å². The number of benzene rings is 1. The highest BCUT2D eigenvalue weighted by atomic mass is 32.2. The molecule has 0 unspecified atom stereocenters. The molecule has 1 aromatic rings. The Balaban J connectivity index is 2.13. The summed E-state index contributed by atoms with van der Waals surface area (Å²) in [6.45, 7) is 6.10. The van der Waals surface area contributed by atoms with Crippen molar-refractivity contribution in [3.05, 3.63) is 29.6 Å². The van der Waals surface area contributed by atoms with Gasteiger partial charge in [0.15, 0.2) is 5.17 Å². The third kappa shape index (κ3) is 2.69. The van der Waals surface area contributed by atoms with E-state index in [1.54, 1.807) is 24.8 Å². The topological polar surface area (TPSA) is 24.4 Å². The minimum absolute atomic E-state index is 0.0657. The number of nitrogens with one attached hydrogen (secondary N) is 1. The first-order valence-corrected chi connectivity index (χ1v) is 7.33. The minimum Gasteiger partial charge on any atom is -0.335 e. The monoisotopic (exact) mass is 266 g/mol. The second-order valence-corrected chi connectivity index (χ2v) is 5.69. The van der Waals surface area contributed by atoms with Gasteiger partial charge in [0.1, 0.15) is 5.82 Å². The minimum atomic E-state index is -0.180. The standard InChI is InChI=1S/C14H19FN2S/c1-4-14(5-2)9-18-13(17-14)16-11-7-6-10(3)12(15)8-11/h6-8H,4-5,9H2,1-3H3,(H,16,17). The molecule has 0 saturated carbocycles. The number of aliphatic imine (C=N–C) groups is 1. The van der Waals surface area contributed by atoms with Crippen molar-refractivity contribution in [2.45, 2.75) is 39.2 Å². The summed E-state index contributed by atoms with van der Waals surface area (Å²) in [6.07, 6.45) is 2.09. The maximum Gasteiger partial charge on any atom is 0.161 e. The van der Waals surface area contributed by atoms with Gasteiger partial charge in [-0.05, 0) is 37.5 Å². The summed E-state index contributed by atoms with van der Waals surface area (Å²) in [5.41, 5.74) is 1.50. The van der Waals surface area contributed by atoms with Crippen LogP contribution in [0.15, 0.2) is 23.2 Å². The van der Waals surface area contributed by atoms with E-state index in [1.807, 2.05) is 6.07 Å². The smallest absolute Gasteiger partial charge is 0.161 e. The zero-order valence-electron chi connectivity index (χ0n) is 11.1. The molecular formula is C14H19FN2S. The Morgan fingerprint density at radius 1 is 1.39 bits per heavy atom. The first-order chi connectivity index (χ1) is 8.58. The molecule has 0 radical (unpaired) electrons. The lowest BCUT2D eigenvalue weighted by atomic mass is 9.97. The molecule has 18 heavy (non-hydrogen) atoms. The van der Waals surface area contributed by atoms with Gasteiger partial charge >= 0.3 is 0 Å². The molecular weight excluding hydrogens is 247 g/mol. The predicted octanol–water partition coefficient (Wildman–Crippen LogP) is 4.21. The number of halogens is 1. The van der Waals surface area contributed by atoms with Crippen molar-refractivity contribution in [1.82, 2.24) is 0 Å². The molecule has 0 spiro atoms. The van der Waals surface area contributed by atoms with Gasteiger partial charge in [-0.15, -0.1) is 0 Å². The number of rotatable bonds is 3. The summed E-state index contributed by atoms with van der Waals surface area (Å²) in [5.74, 6) is 0.831. The van der Waals surface area contributed by atoms with Crippen molar-refractivity contribution >= 4 is 22.6 Å². The van der Waals surface area contributed by atoms with Gasteiger partial charge in [-0.2, -0.15) is 0 Å². The highest BCUT2D eigenvalue weighted by Crippen LogP contribution is 2.33. The van der Waals surface area contributed by atoms with Crippen LogP contribution >= 0.6 is 11.8 Å². The summed E-state index contributed by atoms with van der Waals surface area (Å²) in [7, 11) is 0. The van der Waals surface area contributed by atoms with Crippen LogP contribution in [-0.2, 0) is 0 Å². The number of hydrogen-bond acceptors (Lipinski definition) is 3. The molecule has 1 aliphatic rings. The Kier molecular flexibility index (Phi) is 3.95. The van der Waals surface area contributed by atoms with E-state index in [0.717, 1.165) is 29.4 Å². The Labute approximate surface area is 112 Å². The lowest BCUT2D eigenvalue weighted by molar-refractivity contribution is 0.456. The van der Waals surface area contributed by atoms with Gasteiger partial charge in [-0.1, -0.05) is 31.7 Å². The zero-order chi connectivity index (χ0) is 13.2. The third-order valence-corrected chi connectivity index (χ3v) is 4.70. The van der Waals surface area contributed by atoms with Crippen molar-refractivity contribution in [3.8, 4) is 0 Å². The fraction of sp³-hybridized carbons (Fsp3) is 0.500. The van der Waals surface area contributed by atoms with Gasteiger partial charge in [-0.25, -0.2) is 4.39 Å². The van der Waals surface area contributed by atoms with E-state index in [0.29, 0.717) is 5.56 Å². The highest BCUT2D eigenvalue weighted by Gasteiger charge is 2.32. The van der Waals surface area contributed by atoms with E-state index in [4.69, 9.17) is 4.99 Å². The van der Waals surface area contributed by atoms with Gasteiger partial charge in [0.05, 0.1) is 5.54 Å². The van der Waals surface area contributed by atoms with Gasteiger partial charge in [0.25, 0.3) is 0 Å². The van der Waals surface area contributed by atoms with E-state index in [9.17, 15) is 4.39 Å². The van der Waals surface area contributed by atoms with Crippen LogP contribution in [0.5, 0.6) is 0 Å². The maximum absolute atomic E-state index is 13.5. The molecule has 1 heterocycles. The fourth-order valence-corrected chi connectivity index (χ4v) is 3.28. The molecule has 1 aromatic carbocycles. The molecule has 1 aliphatic heterocycles. The molecule has 98 valence electrons. The van der Waals surface area contributed by atoms with E-state index in [1.165, 1.54) is 6.07 Å². The molecule has 0 saturated heterocycles. The van der Waals surface area contributed by atoms with Crippen molar-refractivity contribution in [3.63, 3.8) is 0 Å². The van der Waals surface area contributed by atoms with E-state index >= 15 is 0 Å². The van der Waals surface area contributed by atoms with Crippen LogP contribution < -0.4 is 5.32 Å². The second-order valence-electron chi connectivity index (χ2n) is 4.73. The van der Waals surface area contributed by atoms with Crippen LogP contribution in [-0.4, -0.2) is 16.5 Å². The van der Waals surface area contributed by atoms with Gasteiger partial charge in [-0.3, -0.25) is 4.99 Å². The summed E-state index contributed by atoms with van der Waals surface area (Å²) in [4.78, 5) is 4.75. The van der Waals surface area contributed by atoms with E-state index in [-0.39, 0.29) is 11.4 Å². The number of aryl methyl sites for hydroxylation is 1. The lowest BCUT2D eigenvalue weighted by Crippen LogP contribution is -2.24. The third-order valence-electron chi connectivity index (χ3n) is 3.56. The quantitative estimate of drug-likeness (QED) is 0.886. The van der Waals surface area contributed by atoms with E-state index in [2.05, 4.69) is 19.2 Å². The largest absolute Gasteiger partial charge is 0.335 e. The average molecular weight is 266 g/mol. The molecule has 0 atom stereocenters. The maximum atomic E-state index is 13.5. The molecule has 0 amide bonds. The van der Waals surface area contributed by atoms with Crippen molar-refractivity contribution in [2.24, 2.45) is 4.99 Å². The zero-order valence-corrected chi connectivity index (χ0v) is 11.9. The lowest BCUT2D eigenvalue weighted by Gasteiger charge is -2.20. The Morgan fingerprint density at radius 2 is 2.11 bits per heavy atom. The SMILES string of the molecule is CCC1(CC)CSC(Nc2ccc(C)c(F)c2)=N1. The molecule has 4 heteroatoms. The number of anilines is 1. The fourth-order valence-electron chi connectivity index (χ4n) is 1.95. The first-order valence-electron chi connectivity index (χ1n) is 6.34. The summed E-state index contributed by atoms with van der Waals surface area (Å²) < 4.78 is 13.5. The Hall–Kier alpha value is -1.03. The normalized spacial score (nSPS) is 17.7. The van der Waals surface area contributed by atoms with Gasteiger partial charge in [0, 0.05) is 11.4 Å². The van der Waals surface area contributed by atoms with Crippen LogP contribution in [0.3, 0.4) is 0 Å². The molecule has 1 N–H and O–H groups in total. The molecule has 2 nitrogen and oxygen atoms in total. The number of thioether (sulfide) groups is 1. The number of hydrogen-bond donors (Lipinski definition) is 1. The van der Waals surface area contributed by atoms with Crippen LogP contribution in [0.1, 0.15) is 32.3 Å². The predicted molar refractivity (Wildman–Crippen MR) is 78.0 cm³/mol. The number of amidine groups is 1. The van der Waals surface area contributed by atoms with Crippen LogP contribution in [0.2, 0.25) is 0 Å². The summed E-state index contributed by atoms with van der Waals surface area (Å²) in [5, 5.41) is 4.11. The van der Waals surface area contributed by atoms with E-state index < -0.39 is 0 Å². The van der Waals surface area contributed by atoms with Crippen molar-refractivity contribution < 1.29 is 4.39 Å². The molecule has 2 rings (SSSR count). The second kappa shape index (κ2) is 5.31. The Morgan fingerprint density at radius 3 is 2.67 bits per heavy atom. The molecule has 0 aromatic heterocycles. The highest BCUT2D eigenvalue weighted by molar-refractivity contribution is 8.14. The Bertz CT molecular complexity index is 467. The van der Waals surface area contributed by atoms with Crippen molar-refractivity contribution in [2.75, 3.05) is 11.1 Å². The number of nitrogens with zero attached hydrogens (tertiary/aromatic N) is 1. The molecule has 0 aliphatic carbocycles. The van der Waals surface area contributed by atoms with Crippen molar-refractivity contribution in [1.29, 1.82) is 0 Å². The summed E-state index contributed by atoms with van der Waals surface area (Å²) in [6, 6.07) is 5.19. The van der Waals surface area contributed by atoms with Crippen LogP contribution in [0.25, 0.3) is 0 Å².